The third-order valence-corrected chi connectivity index (χ3v) is 6.31. The Labute approximate surface area is 168 Å². The van der Waals surface area contributed by atoms with E-state index in [2.05, 4.69) is 26.8 Å². The zero-order valence-electron chi connectivity index (χ0n) is 17.2. The van der Waals surface area contributed by atoms with Crippen molar-refractivity contribution in [2.75, 3.05) is 66.3 Å². The maximum Gasteiger partial charge on any atom is 0.243 e. The fraction of sp³-hybridized carbons (Fsp3) is 0.895. The van der Waals surface area contributed by atoms with Gasteiger partial charge in [-0.15, -0.1) is 0 Å². The van der Waals surface area contributed by atoms with E-state index < -0.39 is 0 Å². The summed E-state index contributed by atoms with van der Waals surface area (Å²) in [6.45, 7) is 5.84. The van der Waals surface area contributed by atoms with Crippen LogP contribution in [0.25, 0.3) is 0 Å². The van der Waals surface area contributed by atoms with Crippen molar-refractivity contribution in [3.63, 3.8) is 0 Å². The first-order valence-electron chi connectivity index (χ1n) is 10.2. The zero-order valence-corrected chi connectivity index (χ0v) is 18.0. The maximum atomic E-state index is 11.9. The number of hydrogen-bond donors (Lipinski definition) is 2. The summed E-state index contributed by atoms with van der Waals surface area (Å²) < 4.78 is 5.40. The van der Waals surface area contributed by atoms with E-state index in [1.54, 1.807) is 19.0 Å². The van der Waals surface area contributed by atoms with Crippen molar-refractivity contribution in [3.05, 3.63) is 0 Å². The number of carbonyl (C=O) groups is 1. The quantitative estimate of drug-likeness (QED) is 0.361. The fourth-order valence-electron chi connectivity index (χ4n) is 3.46. The number of amides is 1. The molecule has 8 heteroatoms. The number of likely N-dealkylation sites (N-methyl/N-ethyl adjacent to an activating group) is 1. The summed E-state index contributed by atoms with van der Waals surface area (Å²) in [6, 6.07) is 0.441. The van der Waals surface area contributed by atoms with Gasteiger partial charge in [-0.1, -0.05) is 6.42 Å². The topological polar surface area (TPSA) is 69.2 Å². The van der Waals surface area contributed by atoms with Crippen LogP contribution in [0.3, 0.4) is 0 Å². The number of thioether (sulfide) groups is 1. The fourth-order valence-corrected chi connectivity index (χ4v) is 4.29. The normalized spacial score (nSPS) is 24.5. The standard InChI is InChI=1S/C19H37N5O2S/c1-23(2)18(25)15-21-19(22-16-6-4-7-17(14-16)27-3)20-8-5-9-24-10-12-26-13-11-24/h16-17H,4-15H2,1-3H3,(H2,20,21,22). The molecule has 2 unspecified atom stereocenters. The van der Waals surface area contributed by atoms with Gasteiger partial charge < -0.3 is 20.3 Å². The Kier molecular flexibility index (Phi) is 10.3. The molecular weight excluding hydrogens is 362 g/mol. The number of nitrogens with zero attached hydrogens (tertiary/aromatic N) is 3. The Hall–Kier alpha value is -0.990. The van der Waals surface area contributed by atoms with Crippen LogP contribution >= 0.6 is 11.8 Å². The molecule has 27 heavy (non-hydrogen) atoms. The van der Waals surface area contributed by atoms with Crippen molar-refractivity contribution in [2.45, 2.75) is 43.4 Å². The third kappa shape index (κ3) is 8.70. The molecule has 1 saturated heterocycles. The number of hydrogen-bond acceptors (Lipinski definition) is 5. The van der Waals surface area contributed by atoms with Crippen molar-refractivity contribution in [3.8, 4) is 0 Å². The summed E-state index contributed by atoms with van der Waals surface area (Å²) in [7, 11) is 3.54. The molecular formula is C19H37N5O2S. The Morgan fingerprint density at radius 3 is 2.78 bits per heavy atom. The first-order chi connectivity index (χ1) is 13.1. The molecule has 7 nitrogen and oxygen atoms in total. The molecule has 2 fully saturated rings. The molecule has 156 valence electrons. The van der Waals surface area contributed by atoms with E-state index in [0.717, 1.165) is 63.4 Å². The van der Waals surface area contributed by atoms with Crippen molar-refractivity contribution in [1.82, 2.24) is 20.4 Å². The van der Waals surface area contributed by atoms with Gasteiger partial charge in [0, 0.05) is 45.0 Å². The van der Waals surface area contributed by atoms with Crippen LogP contribution in [0.4, 0.5) is 0 Å². The Bertz CT molecular complexity index is 469. The van der Waals surface area contributed by atoms with Gasteiger partial charge in [0.15, 0.2) is 5.96 Å². The lowest BCUT2D eigenvalue weighted by Gasteiger charge is -2.30. The van der Waals surface area contributed by atoms with Crippen molar-refractivity contribution in [2.24, 2.45) is 4.99 Å². The molecule has 1 aliphatic carbocycles. The SMILES string of the molecule is CSC1CCCC(NC(=NCC(=O)N(C)C)NCCCN2CCOCC2)C1. The summed E-state index contributed by atoms with van der Waals surface area (Å²) >= 11 is 1.96. The smallest absolute Gasteiger partial charge is 0.243 e. The second kappa shape index (κ2) is 12.5. The van der Waals surface area contributed by atoms with Gasteiger partial charge in [-0.05, 0) is 38.5 Å². The van der Waals surface area contributed by atoms with Crippen LogP contribution in [0.15, 0.2) is 4.99 Å². The van der Waals surface area contributed by atoms with Gasteiger partial charge in [0.05, 0.1) is 13.2 Å². The summed E-state index contributed by atoms with van der Waals surface area (Å²) in [5.74, 6) is 0.800. The second-order valence-corrected chi connectivity index (χ2v) is 8.69. The molecule has 0 spiro atoms. The van der Waals surface area contributed by atoms with Crippen LogP contribution in [0, 0.1) is 0 Å². The van der Waals surface area contributed by atoms with E-state index in [-0.39, 0.29) is 12.5 Å². The van der Waals surface area contributed by atoms with Crippen molar-refractivity contribution < 1.29 is 9.53 Å². The average molecular weight is 400 g/mol. The number of rotatable bonds is 8. The van der Waals surface area contributed by atoms with E-state index in [9.17, 15) is 4.79 Å². The summed E-state index contributed by atoms with van der Waals surface area (Å²) in [6.07, 6.45) is 8.15. The van der Waals surface area contributed by atoms with E-state index in [1.807, 2.05) is 11.8 Å². The highest BCUT2D eigenvalue weighted by Gasteiger charge is 2.22. The monoisotopic (exact) mass is 399 g/mol. The van der Waals surface area contributed by atoms with Crippen molar-refractivity contribution >= 4 is 23.6 Å². The highest BCUT2D eigenvalue weighted by Crippen LogP contribution is 2.26. The molecule has 1 saturated carbocycles. The van der Waals surface area contributed by atoms with Crippen LogP contribution in [-0.2, 0) is 9.53 Å². The van der Waals surface area contributed by atoms with Crippen LogP contribution < -0.4 is 10.6 Å². The Morgan fingerprint density at radius 1 is 1.30 bits per heavy atom. The molecule has 0 bridgehead atoms. The minimum absolute atomic E-state index is 0.0232. The number of ether oxygens (including phenoxy) is 1. The summed E-state index contributed by atoms with van der Waals surface area (Å²) in [5.41, 5.74) is 0. The van der Waals surface area contributed by atoms with Crippen LogP contribution in [-0.4, -0.2) is 99.2 Å². The van der Waals surface area contributed by atoms with Crippen LogP contribution in [0.2, 0.25) is 0 Å². The zero-order chi connectivity index (χ0) is 19.5. The summed E-state index contributed by atoms with van der Waals surface area (Å²) in [5, 5.41) is 7.74. The Balaban J connectivity index is 1.80. The third-order valence-electron chi connectivity index (χ3n) is 5.22. The molecule has 0 aromatic heterocycles. The van der Waals surface area contributed by atoms with Gasteiger partial charge in [0.1, 0.15) is 6.54 Å². The lowest BCUT2D eigenvalue weighted by atomic mass is 9.95. The average Bonchev–Trinajstić information content (AvgIpc) is 2.69. The number of carbonyl (C=O) groups excluding carboxylic acids is 1. The predicted octanol–water partition coefficient (Wildman–Crippen LogP) is 1.01. The summed E-state index contributed by atoms with van der Waals surface area (Å²) in [4.78, 5) is 20.5. The molecule has 0 aromatic rings. The first kappa shape index (κ1) is 22.3. The predicted molar refractivity (Wildman–Crippen MR) is 114 cm³/mol. The van der Waals surface area contributed by atoms with Gasteiger partial charge in [0.25, 0.3) is 0 Å². The van der Waals surface area contributed by atoms with Gasteiger partial charge in [-0.3, -0.25) is 9.69 Å². The lowest BCUT2D eigenvalue weighted by Crippen LogP contribution is -2.47. The van der Waals surface area contributed by atoms with Crippen molar-refractivity contribution in [1.29, 1.82) is 0 Å². The van der Waals surface area contributed by atoms with Crippen LogP contribution in [0.1, 0.15) is 32.1 Å². The molecule has 0 radical (unpaired) electrons. The highest BCUT2D eigenvalue weighted by atomic mass is 32.2. The van der Waals surface area contributed by atoms with Gasteiger partial charge >= 0.3 is 0 Å². The molecule has 1 aliphatic heterocycles. The second-order valence-electron chi connectivity index (χ2n) is 7.55. The van der Waals surface area contributed by atoms with Gasteiger partial charge in [0.2, 0.25) is 5.91 Å². The van der Waals surface area contributed by atoms with E-state index in [1.165, 1.54) is 19.3 Å². The van der Waals surface area contributed by atoms with E-state index in [4.69, 9.17) is 4.74 Å². The molecule has 2 aliphatic rings. The molecule has 2 N–H and O–H groups in total. The molecule has 2 rings (SSSR count). The number of guanidine groups is 1. The number of nitrogens with one attached hydrogen (secondary N) is 2. The first-order valence-corrected chi connectivity index (χ1v) is 11.4. The lowest BCUT2D eigenvalue weighted by molar-refractivity contribution is -0.127. The molecule has 1 heterocycles. The Morgan fingerprint density at radius 2 is 2.07 bits per heavy atom. The maximum absolute atomic E-state index is 11.9. The molecule has 0 aromatic carbocycles. The molecule has 2 atom stereocenters. The van der Waals surface area contributed by atoms with Crippen LogP contribution in [0.5, 0.6) is 0 Å². The van der Waals surface area contributed by atoms with E-state index in [0.29, 0.717) is 6.04 Å². The number of morpholine rings is 1. The van der Waals surface area contributed by atoms with E-state index >= 15 is 0 Å². The van der Waals surface area contributed by atoms with Gasteiger partial charge in [-0.25, -0.2) is 4.99 Å². The largest absolute Gasteiger partial charge is 0.379 e. The van der Waals surface area contributed by atoms with Gasteiger partial charge in [-0.2, -0.15) is 11.8 Å². The number of aliphatic imine (C=N–C) groups is 1. The highest BCUT2D eigenvalue weighted by molar-refractivity contribution is 7.99. The minimum Gasteiger partial charge on any atom is -0.379 e. The minimum atomic E-state index is 0.0232. The molecule has 1 amide bonds.